The number of benzene rings is 1. The Bertz CT molecular complexity index is 630. The van der Waals surface area contributed by atoms with E-state index in [0.29, 0.717) is 0 Å². The Morgan fingerprint density at radius 3 is 1.45 bits per heavy atom. The van der Waals surface area contributed by atoms with Crippen molar-refractivity contribution in [3.8, 4) is 0 Å². The number of halogens is 1. The third-order valence-corrected chi connectivity index (χ3v) is 3.18. The van der Waals surface area contributed by atoms with E-state index < -0.39 is 0 Å². The predicted octanol–water partition coefficient (Wildman–Crippen LogP) is 4.60. The lowest BCUT2D eigenvalue weighted by atomic mass is 10.2. The summed E-state index contributed by atoms with van der Waals surface area (Å²) >= 11 is 5.97. The highest BCUT2D eigenvalue weighted by Gasteiger charge is 2.11. The average Bonchev–Trinajstić information content (AvgIpc) is 2.52. The van der Waals surface area contributed by atoms with Crippen LogP contribution >= 0.6 is 11.6 Å². The van der Waals surface area contributed by atoms with E-state index in [1.807, 2.05) is 48.5 Å². The van der Waals surface area contributed by atoms with E-state index >= 15 is 0 Å². The largest absolute Gasteiger partial charge is 0.310 e. The van der Waals surface area contributed by atoms with Gasteiger partial charge < -0.3 is 4.90 Å². The molecule has 2 heterocycles. The molecule has 0 aliphatic carbocycles. The second-order valence-electron chi connectivity index (χ2n) is 4.22. The predicted molar refractivity (Wildman–Crippen MR) is 81.7 cm³/mol. The van der Waals surface area contributed by atoms with Gasteiger partial charge in [0.1, 0.15) is 0 Å². The number of hydrogen-bond acceptors (Lipinski definition) is 3. The number of pyridine rings is 2. The zero-order valence-electron chi connectivity index (χ0n) is 10.6. The van der Waals surface area contributed by atoms with Crippen LogP contribution in [0.2, 0.25) is 5.02 Å². The van der Waals surface area contributed by atoms with Gasteiger partial charge in [0.2, 0.25) is 0 Å². The van der Waals surface area contributed by atoms with Gasteiger partial charge in [-0.3, -0.25) is 9.97 Å². The maximum atomic E-state index is 5.97. The Balaban J connectivity index is 2.11. The molecule has 0 aliphatic heterocycles. The average molecular weight is 282 g/mol. The van der Waals surface area contributed by atoms with Crippen LogP contribution < -0.4 is 4.90 Å². The number of rotatable bonds is 3. The van der Waals surface area contributed by atoms with E-state index in [1.165, 1.54) is 0 Å². The summed E-state index contributed by atoms with van der Waals surface area (Å²) in [6.45, 7) is 0. The zero-order valence-corrected chi connectivity index (χ0v) is 11.4. The van der Waals surface area contributed by atoms with Crippen LogP contribution in [0.25, 0.3) is 0 Å². The van der Waals surface area contributed by atoms with Gasteiger partial charge in [0.05, 0.1) is 0 Å². The van der Waals surface area contributed by atoms with Gasteiger partial charge in [0.15, 0.2) is 0 Å². The molecule has 0 saturated carbocycles. The smallest absolute Gasteiger partial charge is 0.0492 e. The molecule has 3 nitrogen and oxygen atoms in total. The molecule has 98 valence electrons. The Morgan fingerprint density at radius 2 is 1.00 bits per heavy atom. The van der Waals surface area contributed by atoms with Crippen molar-refractivity contribution < 1.29 is 0 Å². The van der Waals surface area contributed by atoms with Gasteiger partial charge in [0, 0.05) is 46.9 Å². The summed E-state index contributed by atoms with van der Waals surface area (Å²) in [7, 11) is 0. The molecule has 0 saturated heterocycles. The lowest BCUT2D eigenvalue weighted by Crippen LogP contribution is -2.09. The Morgan fingerprint density at radius 1 is 0.600 bits per heavy atom. The summed E-state index contributed by atoms with van der Waals surface area (Å²) in [6, 6.07) is 15.6. The highest BCUT2D eigenvalue weighted by Crippen LogP contribution is 2.33. The van der Waals surface area contributed by atoms with E-state index in [9.17, 15) is 0 Å². The molecule has 3 aromatic rings. The van der Waals surface area contributed by atoms with Crippen molar-refractivity contribution in [3.05, 3.63) is 78.3 Å². The number of nitrogens with zero attached hydrogens (tertiary/aromatic N) is 3. The van der Waals surface area contributed by atoms with Crippen LogP contribution in [0.3, 0.4) is 0 Å². The Labute approximate surface area is 122 Å². The van der Waals surface area contributed by atoms with Crippen LogP contribution in [0.5, 0.6) is 0 Å². The van der Waals surface area contributed by atoms with E-state index in [4.69, 9.17) is 11.6 Å². The first-order valence-electron chi connectivity index (χ1n) is 6.20. The monoisotopic (exact) mass is 281 g/mol. The second-order valence-corrected chi connectivity index (χ2v) is 4.66. The molecule has 2 aromatic heterocycles. The molecule has 20 heavy (non-hydrogen) atoms. The molecule has 3 rings (SSSR count). The van der Waals surface area contributed by atoms with Crippen LogP contribution in [0.15, 0.2) is 73.3 Å². The summed E-state index contributed by atoms with van der Waals surface area (Å²) in [5.41, 5.74) is 3.11. The fourth-order valence-corrected chi connectivity index (χ4v) is 2.15. The number of aromatic nitrogens is 2. The SMILES string of the molecule is Clc1ccc(N(c2ccncc2)c2ccncc2)cc1. The molecule has 4 heteroatoms. The van der Waals surface area contributed by atoms with Crippen molar-refractivity contribution in [1.82, 2.24) is 9.97 Å². The maximum absolute atomic E-state index is 5.97. The van der Waals surface area contributed by atoms with Gasteiger partial charge in [0.25, 0.3) is 0 Å². The number of anilines is 3. The van der Waals surface area contributed by atoms with Gasteiger partial charge in [-0.25, -0.2) is 0 Å². The normalized spacial score (nSPS) is 10.2. The van der Waals surface area contributed by atoms with Crippen LogP contribution in [0.4, 0.5) is 17.1 Å². The number of hydrogen-bond donors (Lipinski definition) is 0. The summed E-state index contributed by atoms with van der Waals surface area (Å²) < 4.78 is 0. The van der Waals surface area contributed by atoms with Crippen molar-refractivity contribution in [3.63, 3.8) is 0 Å². The minimum atomic E-state index is 0.721. The minimum Gasteiger partial charge on any atom is -0.310 e. The van der Waals surface area contributed by atoms with Crippen molar-refractivity contribution in [2.75, 3.05) is 4.90 Å². The van der Waals surface area contributed by atoms with Gasteiger partial charge in [-0.1, -0.05) is 11.6 Å². The fourth-order valence-electron chi connectivity index (χ4n) is 2.02. The molecule has 0 spiro atoms. The molecule has 0 radical (unpaired) electrons. The first kappa shape index (κ1) is 12.6. The minimum absolute atomic E-state index is 0.721. The van der Waals surface area contributed by atoms with Gasteiger partial charge >= 0.3 is 0 Å². The molecule has 0 N–H and O–H groups in total. The Kier molecular flexibility index (Phi) is 3.61. The molecular weight excluding hydrogens is 270 g/mol. The molecule has 0 amide bonds. The van der Waals surface area contributed by atoms with Crippen molar-refractivity contribution >= 4 is 28.7 Å². The molecule has 0 bridgehead atoms. The van der Waals surface area contributed by atoms with Crippen LogP contribution in [0, 0.1) is 0 Å². The molecule has 0 fully saturated rings. The van der Waals surface area contributed by atoms with Crippen molar-refractivity contribution in [1.29, 1.82) is 0 Å². The molecular formula is C16H12ClN3. The third-order valence-electron chi connectivity index (χ3n) is 2.93. The highest BCUT2D eigenvalue weighted by molar-refractivity contribution is 6.30. The molecule has 0 aliphatic rings. The molecule has 0 atom stereocenters. The first-order valence-corrected chi connectivity index (χ1v) is 6.58. The van der Waals surface area contributed by atoms with Gasteiger partial charge in [-0.2, -0.15) is 0 Å². The zero-order chi connectivity index (χ0) is 13.8. The first-order chi connectivity index (χ1) is 9.84. The Hall–Kier alpha value is -2.39. The topological polar surface area (TPSA) is 29.0 Å². The lowest BCUT2D eigenvalue weighted by molar-refractivity contribution is 1.22. The van der Waals surface area contributed by atoms with Gasteiger partial charge in [-0.15, -0.1) is 0 Å². The van der Waals surface area contributed by atoms with E-state index in [-0.39, 0.29) is 0 Å². The maximum Gasteiger partial charge on any atom is 0.0492 e. The standard InChI is InChI=1S/C16H12ClN3/c17-13-1-3-14(4-2-13)20(15-5-9-18-10-6-15)16-7-11-19-12-8-16/h1-12H. The quantitative estimate of drug-likeness (QED) is 0.702. The van der Waals surface area contributed by atoms with Crippen molar-refractivity contribution in [2.45, 2.75) is 0 Å². The second kappa shape index (κ2) is 5.72. The fraction of sp³-hybridized carbons (Fsp3) is 0. The highest BCUT2D eigenvalue weighted by atomic mass is 35.5. The summed E-state index contributed by atoms with van der Waals surface area (Å²) in [6.07, 6.45) is 7.11. The summed E-state index contributed by atoms with van der Waals surface area (Å²) in [5, 5.41) is 0.721. The van der Waals surface area contributed by atoms with E-state index in [2.05, 4.69) is 14.9 Å². The van der Waals surface area contributed by atoms with Crippen LogP contribution in [-0.4, -0.2) is 9.97 Å². The van der Waals surface area contributed by atoms with Crippen LogP contribution in [-0.2, 0) is 0 Å². The molecule has 0 unspecified atom stereocenters. The van der Waals surface area contributed by atoms with Gasteiger partial charge in [-0.05, 0) is 48.5 Å². The van der Waals surface area contributed by atoms with E-state index in [1.54, 1.807) is 24.8 Å². The third kappa shape index (κ3) is 2.63. The van der Waals surface area contributed by atoms with Crippen molar-refractivity contribution in [2.24, 2.45) is 0 Å². The summed E-state index contributed by atoms with van der Waals surface area (Å²) in [5.74, 6) is 0. The van der Waals surface area contributed by atoms with Crippen LogP contribution in [0.1, 0.15) is 0 Å². The molecule has 1 aromatic carbocycles. The van der Waals surface area contributed by atoms with E-state index in [0.717, 1.165) is 22.1 Å². The summed E-state index contributed by atoms with van der Waals surface area (Å²) in [4.78, 5) is 10.3. The lowest BCUT2D eigenvalue weighted by Gasteiger charge is -2.24.